The van der Waals surface area contributed by atoms with E-state index in [9.17, 15) is 22.0 Å². The van der Waals surface area contributed by atoms with E-state index in [0.29, 0.717) is 5.56 Å². The van der Waals surface area contributed by atoms with Gasteiger partial charge in [0.2, 0.25) is 0 Å². The molecule has 0 aromatic heterocycles. The second kappa shape index (κ2) is 6.23. The summed E-state index contributed by atoms with van der Waals surface area (Å²) in [6.07, 6.45) is 1.09. The van der Waals surface area contributed by atoms with Crippen LogP contribution in [0.25, 0.3) is 0 Å². The first-order chi connectivity index (χ1) is 10.2. The maximum Gasteiger partial charge on any atom is 0.255 e. The van der Waals surface area contributed by atoms with Crippen molar-refractivity contribution in [2.45, 2.75) is 5.75 Å². The molecule has 0 saturated carbocycles. The molecule has 2 aromatic rings. The average Bonchev–Trinajstić information content (AvgIpc) is 2.41. The molecular weight excluding hydrogens is 312 g/mol. The van der Waals surface area contributed by atoms with E-state index in [1.165, 1.54) is 18.2 Å². The normalized spacial score (nSPS) is 11.2. The van der Waals surface area contributed by atoms with Crippen molar-refractivity contribution in [3.8, 4) is 0 Å². The number of anilines is 1. The van der Waals surface area contributed by atoms with Gasteiger partial charge in [-0.15, -0.1) is 0 Å². The summed E-state index contributed by atoms with van der Waals surface area (Å²) in [6, 6.07) is 8.67. The summed E-state index contributed by atoms with van der Waals surface area (Å²) in [5, 5.41) is 2.25. The average molecular weight is 325 g/mol. The molecule has 7 heteroatoms. The van der Waals surface area contributed by atoms with Crippen LogP contribution in [0.2, 0.25) is 0 Å². The molecule has 0 aliphatic rings. The zero-order chi connectivity index (χ0) is 16.3. The van der Waals surface area contributed by atoms with Crippen molar-refractivity contribution in [3.05, 3.63) is 65.2 Å². The summed E-state index contributed by atoms with van der Waals surface area (Å²) < 4.78 is 49.1. The number of hydrogen-bond donors (Lipinski definition) is 1. The molecule has 0 unspecified atom stereocenters. The van der Waals surface area contributed by atoms with Gasteiger partial charge in [0.1, 0.15) is 11.6 Å². The lowest BCUT2D eigenvalue weighted by atomic mass is 10.1. The molecule has 0 saturated heterocycles. The van der Waals surface area contributed by atoms with Crippen LogP contribution < -0.4 is 5.32 Å². The van der Waals surface area contributed by atoms with Crippen molar-refractivity contribution in [1.82, 2.24) is 0 Å². The van der Waals surface area contributed by atoms with Gasteiger partial charge in [0.25, 0.3) is 5.91 Å². The first kappa shape index (κ1) is 16.1. The van der Waals surface area contributed by atoms with Gasteiger partial charge < -0.3 is 5.32 Å². The van der Waals surface area contributed by atoms with Crippen molar-refractivity contribution >= 4 is 21.4 Å². The van der Waals surface area contributed by atoms with Crippen LogP contribution in [-0.2, 0) is 15.6 Å². The minimum absolute atomic E-state index is 0.157. The van der Waals surface area contributed by atoms with Crippen LogP contribution in [0.5, 0.6) is 0 Å². The topological polar surface area (TPSA) is 63.2 Å². The van der Waals surface area contributed by atoms with E-state index in [1.54, 1.807) is 6.07 Å². The zero-order valence-corrected chi connectivity index (χ0v) is 12.5. The highest BCUT2D eigenvalue weighted by molar-refractivity contribution is 7.89. The van der Waals surface area contributed by atoms with Crippen LogP contribution in [-0.4, -0.2) is 20.6 Å². The smallest absolute Gasteiger partial charge is 0.255 e. The van der Waals surface area contributed by atoms with Crippen LogP contribution in [0.1, 0.15) is 15.9 Å². The predicted molar refractivity (Wildman–Crippen MR) is 79.3 cm³/mol. The van der Waals surface area contributed by atoms with Crippen LogP contribution in [0.3, 0.4) is 0 Å². The number of carbonyl (C=O) groups excluding carboxylic acids is 1. The molecule has 0 aliphatic heterocycles. The lowest BCUT2D eigenvalue weighted by molar-refractivity contribution is 0.102. The summed E-state index contributed by atoms with van der Waals surface area (Å²) in [4.78, 5) is 12.0. The van der Waals surface area contributed by atoms with E-state index >= 15 is 0 Å². The number of benzene rings is 2. The molecule has 22 heavy (non-hydrogen) atoms. The van der Waals surface area contributed by atoms with Crippen molar-refractivity contribution in [1.29, 1.82) is 0 Å². The third-order valence-corrected chi connectivity index (χ3v) is 3.65. The van der Waals surface area contributed by atoms with Gasteiger partial charge in [-0.05, 0) is 29.8 Å². The first-order valence-corrected chi connectivity index (χ1v) is 8.34. The fourth-order valence-corrected chi connectivity index (χ4v) is 2.68. The minimum Gasteiger partial charge on any atom is -0.319 e. The Balaban J connectivity index is 2.23. The molecule has 4 nitrogen and oxygen atoms in total. The number of sulfone groups is 1. The fourth-order valence-electron chi connectivity index (χ4n) is 1.89. The van der Waals surface area contributed by atoms with Gasteiger partial charge in [-0.1, -0.05) is 12.1 Å². The monoisotopic (exact) mass is 325 g/mol. The third kappa shape index (κ3) is 4.36. The van der Waals surface area contributed by atoms with E-state index in [1.807, 2.05) is 0 Å². The second-order valence-corrected chi connectivity index (χ2v) is 6.99. The molecule has 0 aliphatic carbocycles. The fraction of sp³-hybridized carbons (Fsp3) is 0.133. The lowest BCUT2D eigenvalue weighted by Gasteiger charge is -2.08. The molecule has 1 amide bonds. The van der Waals surface area contributed by atoms with E-state index < -0.39 is 27.4 Å². The summed E-state index contributed by atoms with van der Waals surface area (Å²) in [7, 11) is -3.23. The maximum absolute atomic E-state index is 13.5. The summed E-state index contributed by atoms with van der Waals surface area (Å²) in [6.45, 7) is 0. The van der Waals surface area contributed by atoms with Crippen molar-refractivity contribution < 1.29 is 22.0 Å². The Labute approximate surface area is 126 Å². The van der Waals surface area contributed by atoms with Gasteiger partial charge in [-0.2, -0.15) is 0 Å². The van der Waals surface area contributed by atoms with Gasteiger partial charge in [0.05, 0.1) is 11.4 Å². The number of amides is 1. The Bertz CT molecular complexity index is 819. The van der Waals surface area contributed by atoms with Gasteiger partial charge in [-0.3, -0.25) is 4.79 Å². The molecule has 0 radical (unpaired) electrons. The molecule has 1 N–H and O–H groups in total. The summed E-state index contributed by atoms with van der Waals surface area (Å²) in [5.41, 5.74) is 0.318. The van der Waals surface area contributed by atoms with E-state index in [2.05, 4.69) is 5.32 Å². The van der Waals surface area contributed by atoms with Crippen LogP contribution in [0, 0.1) is 11.6 Å². The molecule has 2 rings (SSSR count). The predicted octanol–water partition coefficient (Wildman–Crippen LogP) is 2.76. The lowest BCUT2D eigenvalue weighted by Crippen LogP contribution is -2.14. The Kier molecular flexibility index (Phi) is 4.56. The number of nitrogens with one attached hydrogen (secondary N) is 1. The Hall–Kier alpha value is -2.28. The third-order valence-electron chi connectivity index (χ3n) is 2.79. The largest absolute Gasteiger partial charge is 0.319 e. The Morgan fingerprint density at radius 3 is 2.55 bits per heavy atom. The van der Waals surface area contributed by atoms with Crippen LogP contribution in [0.15, 0.2) is 42.5 Å². The summed E-state index contributed by atoms with van der Waals surface area (Å²) >= 11 is 0. The number of rotatable bonds is 4. The van der Waals surface area contributed by atoms with Crippen molar-refractivity contribution in [3.63, 3.8) is 0 Å². The molecule has 0 heterocycles. The summed E-state index contributed by atoms with van der Waals surface area (Å²) in [5.74, 6) is -2.30. The zero-order valence-electron chi connectivity index (χ0n) is 11.6. The Morgan fingerprint density at radius 1 is 1.14 bits per heavy atom. The van der Waals surface area contributed by atoms with Crippen LogP contribution in [0.4, 0.5) is 14.5 Å². The highest BCUT2D eigenvalue weighted by Crippen LogP contribution is 2.17. The molecule has 0 atom stereocenters. The van der Waals surface area contributed by atoms with E-state index in [0.717, 1.165) is 24.5 Å². The molecule has 2 aromatic carbocycles. The highest BCUT2D eigenvalue weighted by Gasteiger charge is 2.12. The van der Waals surface area contributed by atoms with E-state index in [-0.39, 0.29) is 17.0 Å². The van der Waals surface area contributed by atoms with Gasteiger partial charge in [0, 0.05) is 17.9 Å². The molecule has 116 valence electrons. The van der Waals surface area contributed by atoms with E-state index in [4.69, 9.17) is 0 Å². The van der Waals surface area contributed by atoms with Crippen molar-refractivity contribution in [2.24, 2.45) is 0 Å². The molecule has 0 spiro atoms. The number of hydrogen-bond acceptors (Lipinski definition) is 3. The van der Waals surface area contributed by atoms with Gasteiger partial charge >= 0.3 is 0 Å². The van der Waals surface area contributed by atoms with Crippen molar-refractivity contribution in [2.75, 3.05) is 11.6 Å². The molecule has 0 fully saturated rings. The minimum atomic E-state index is -3.23. The maximum atomic E-state index is 13.5. The Morgan fingerprint density at radius 2 is 1.86 bits per heavy atom. The van der Waals surface area contributed by atoms with Crippen LogP contribution >= 0.6 is 0 Å². The van der Waals surface area contributed by atoms with Gasteiger partial charge in [-0.25, -0.2) is 17.2 Å². The number of halogens is 2. The molecule has 0 bridgehead atoms. The molecular formula is C15H13F2NO3S. The first-order valence-electron chi connectivity index (χ1n) is 6.28. The highest BCUT2D eigenvalue weighted by atomic mass is 32.2. The standard InChI is InChI=1S/C15H13F2NO3S/c1-22(20,21)9-10-3-2-4-11(7-10)15(19)18-14-8-12(16)5-6-13(14)17/h2-8H,9H2,1H3,(H,18,19). The quantitative estimate of drug-likeness (QED) is 0.940. The number of carbonyl (C=O) groups is 1. The van der Waals surface area contributed by atoms with Gasteiger partial charge in [0.15, 0.2) is 9.84 Å². The second-order valence-electron chi connectivity index (χ2n) is 4.85. The SMILES string of the molecule is CS(=O)(=O)Cc1cccc(C(=O)Nc2cc(F)ccc2F)c1.